The number of rotatable bonds is 4. The van der Waals surface area contributed by atoms with Crippen LogP contribution in [0.25, 0.3) is 11.4 Å². The zero-order valence-electron chi connectivity index (χ0n) is 14.2. The van der Waals surface area contributed by atoms with Crippen molar-refractivity contribution >= 4 is 11.3 Å². The molecule has 1 aliphatic rings. The van der Waals surface area contributed by atoms with Crippen molar-refractivity contribution in [2.45, 2.75) is 31.5 Å². The predicted molar refractivity (Wildman–Crippen MR) is 91.9 cm³/mol. The molecule has 1 fully saturated rings. The zero-order chi connectivity index (χ0) is 18.9. The highest BCUT2D eigenvalue weighted by molar-refractivity contribution is 7.07. The molecule has 0 radical (unpaired) electrons. The molecule has 6 nitrogen and oxygen atoms in total. The zero-order valence-corrected chi connectivity index (χ0v) is 15.0. The van der Waals surface area contributed by atoms with Gasteiger partial charge in [-0.25, -0.2) is 4.98 Å². The van der Waals surface area contributed by atoms with Gasteiger partial charge in [-0.1, -0.05) is 5.16 Å². The SMILES string of the molecule is FC(F)(F)c1nc(-c2ccc([C@H]3CCCN(Cc4cscn4)C3)nc2)no1. The largest absolute Gasteiger partial charge is 0.471 e. The van der Waals surface area contributed by atoms with Crippen LogP contribution in [0.3, 0.4) is 0 Å². The summed E-state index contributed by atoms with van der Waals surface area (Å²) in [6.07, 6.45) is -1.06. The molecule has 0 aromatic carbocycles. The number of piperidine rings is 1. The number of alkyl halides is 3. The molecule has 0 amide bonds. The van der Waals surface area contributed by atoms with Crippen molar-refractivity contribution in [3.63, 3.8) is 0 Å². The quantitative estimate of drug-likeness (QED) is 0.666. The third-order valence-corrected chi connectivity index (χ3v) is 5.14. The van der Waals surface area contributed by atoms with Gasteiger partial charge in [-0.05, 0) is 31.5 Å². The molecule has 3 aromatic rings. The maximum Gasteiger partial charge on any atom is 0.471 e. The third kappa shape index (κ3) is 4.16. The van der Waals surface area contributed by atoms with Crippen LogP contribution in [0.2, 0.25) is 0 Å². The van der Waals surface area contributed by atoms with Crippen LogP contribution in [0.1, 0.15) is 36.0 Å². The van der Waals surface area contributed by atoms with Crippen LogP contribution in [0, 0.1) is 0 Å². The van der Waals surface area contributed by atoms with Crippen molar-refractivity contribution in [2.24, 2.45) is 0 Å². The number of halogens is 3. The molecule has 1 aliphatic heterocycles. The summed E-state index contributed by atoms with van der Waals surface area (Å²) in [4.78, 5) is 14.5. The van der Waals surface area contributed by atoms with Gasteiger partial charge in [-0.2, -0.15) is 18.2 Å². The lowest BCUT2D eigenvalue weighted by Gasteiger charge is -2.32. The van der Waals surface area contributed by atoms with Gasteiger partial charge in [0.2, 0.25) is 5.82 Å². The lowest BCUT2D eigenvalue weighted by molar-refractivity contribution is -0.159. The van der Waals surface area contributed by atoms with Crippen molar-refractivity contribution in [3.8, 4) is 11.4 Å². The monoisotopic (exact) mass is 395 g/mol. The van der Waals surface area contributed by atoms with Crippen molar-refractivity contribution < 1.29 is 17.7 Å². The maximum absolute atomic E-state index is 12.6. The van der Waals surface area contributed by atoms with Crippen LogP contribution < -0.4 is 0 Å². The molecule has 4 rings (SSSR count). The van der Waals surface area contributed by atoms with Gasteiger partial charge in [0.25, 0.3) is 0 Å². The Balaban J connectivity index is 1.44. The molecule has 4 heterocycles. The van der Waals surface area contributed by atoms with Crippen molar-refractivity contribution in [2.75, 3.05) is 13.1 Å². The van der Waals surface area contributed by atoms with Gasteiger partial charge >= 0.3 is 12.1 Å². The number of thiazole rings is 1. The van der Waals surface area contributed by atoms with E-state index in [0.717, 1.165) is 43.9 Å². The predicted octanol–water partition coefficient (Wildman–Crippen LogP) is 3.99. The summed E-state index contributed by atoms with van der Waals surface area (Å²) in [6, 6.07) is 3.52. The summed E-state index contributed by atoms with van der Waals surface area (Å²) in [7, 11) is 0. The molecular formula is C17H16F3N5OS. The first-order chi connectivity index (χ1) is 13.0. The molecule has 10 heteroatoms. The fraction of sp³-hybridized carbons (Fsp3) is 0.412. The van der Waals surface area contributed by atoms with E-state index in [1.54, 1.807) is 17.4 Å². The second-order valence-electron chi connectivity index (χ2n) is 6.45. The minimum atomic E-state index is -4.65. The molecular weight excluding hydrogens is 379 g/mol. The van der Waals surface area contributed by atoms with E-state index in [0.29, 0.717) is 5.56 Å². The summed E-state index contributed by atoms with van der Waals surface area (Å²) in [6.45, 7) is 2.72. The number of aromatic nitrogens is 4. The smallest absolute Gasteiger partial charge is 0.329 e. The van der Waals surface area contributed by atoms with E-state index in [2.05, 4.69) is 34.9 Å². The first-order valence-electron chi connectivity index (χ1n) is 8.45. The minimum absolute atomic E-state index is 0.116. The number of pyridine rings is 1. The Morgan fingerprint density at radius 1 is 1.26 bits per heavy atom. The highest BCUT2D eigenvalue weighted by Crippen LogP contribution is 2.30. The molecule has 0 aliphatic carbocycles. The van der Waals surface area contributed by atoms with Gasteiger partial charge in [0.15, 0.2) is 0 Å². The van der Waals surface area contributed by atoms with E-state index in [1.165, 1.54) is 6.20 Å². The average Bonchev–Trinajstić information content (AvgIpc) is 3.34. The topological polar surface area (TPSA) is 67.9 Å². The Bertz CT molecular complexity index is 879. The molecule has 0 unspecified atom stereocenters. The van der Waals surface area contributed by atoms with Crippen LogP contribution in [0.4, 0.5) is 13.2 Å². The highest BCUT2D eigenvalue weighted by Gasteiger charge is 2.38. The van der Waals surface area contributed by atoms with Crippen LogP contribution in [0.5, 0.6) is 0 Å². The van der Waals surface area contributed by atoms with Crippen LogP contribution in [-0.4, -0.2) is 38.1 Å². The van der Waals surface area contributed by atoms with Crippen molar-refractivity contribution in [1.29, 1.82) is 0 Å². The summed E-state index contributed by atoms with van der Waals surface area (Å²) in [5.41, 5.74) is 4.22. The van der Waals surface area contributed by atoms with Crippen molar-refractivity contribution in [3.05, 3.63) is 46.5 Å². The van der Waals surface area contributed by atoms with E-state index < -0.39 is 12.1 Å². The van der Waals surface area contributed by atoms with Gasteiger partial charge in [0, 0.05) is 41.8 Å². The van der Waals surface area contributed by atoms with Crippen LogP contribution in [0.15, 0.2) is 33.7 Å². The molecule has 27 heavy (non-hydrogen) atoms. The van der Waals surface area contributed by atoms with Crippen LogP contribution >= 0.6 is 11.3 Å². The lowest BCUT2D eigenvalue weighted by atomic mass is 9.94. The van der Waals surface area contributed by atoms with E-state index in [-0.39, 0.29) is 11.7 Å². The van der Waals surface area contributed by atoms with E-state index in [9.17, 15) is 13.2 Å². The van der Waals surface area contributed by atoms with Gasteiger partial charge < -0.3 is 4.52 Å². The fourth-order valence-corrected chi connectivity index (χ4v) is 3.77. The molecule has 1 atom stereocenters. The van der Waals surface area contributed by atoms with E-state index in [1.807, 2.05) is 11.6 Å². The minimum Gasteiger partial charge on any atom is -0.329 e. The number of likely N-dealkylation sites (tertiary alicyclic amines) is 1. The van der Waals surface area contributed by atoms with Gasteiger partial charge in [-0.15, -0.1) is 11.3 Å². The Morgan fingerprint density at radius 3 is 2.81 bits per heavy atom. The van der Waals surface area contributed by atoms with Crippen LogP contribution in [-0.2, 0) is 12.7 Å². The second-order valence-corrected chi connectivity index (χ2v) is 7.17. The Morgan fingerprint density at radius 2 is 2.15 bits per heavy atom. The highest BCUT2D eigenvalue weighted by atomic mass is 32.1. The molecule has 142 valence electrons. The fourth-order valence-electron chi connectivity index (χ4n) is 3.22. The molecule has 3 aromatic heterocycles. The standard InChI is InChI=1S/C17H16F3N5OS/c18-17(19,20)16-23-15(24-26-16)11-3-4-14(21-6-11)12-2-1-5-25(7-12)8-13-9-27-10-22-13/h3-4,6,9-10,12H,1-2,5,7-8H2/t12-/m0/s1. The van der Waals surface area contributed by atoms with Gasteiger partial charge in [-0.3, -0.25) is 9.88 Å². The molecule has 0 N–H and O–H groups in total. The summed E-state index contributed by atoms with van der Waals surface area (Å²) in [5.74, 6) is -1.19. The van der Waals surface area contributed by atoms with Crippen molar-refractivity contribution in [1.82, 2.24) is 25.0 Å². The number of hydrogen-bond donors (Lipinski definition) is 0. The van der Waals surface area contributed by atoms with E-state index in [4.69, 9.17) is 0 Å². The average molecular weight is 395 g/mol. The molecule has 0 spiro atoms. The van der Waals surface area contributed by atoms with E-state index >= 15 is 0 Å². The third-order valence-electron chi connectivity index (χ3n) is 4.51. The lowest BCUT2D eigenvalue weighted by Crippen LogP contribution is -2.34. The molecule has 0 saturated carbocycles. The first-order valence-corrected chi connectivity index (χ1v) is 9.40. The summed E-state index contributed by atoms with van der Waals surface area (Å²) in [5, 5.41) is 5.44. The first kappa shape index (κ1) is 18.1. The number of nitrogens with zero attached hydrogens (tertiary/aromatic N) is 5. The maximum atomic E-state index is 12.6. The Hall–Kier alpha value is -2.33. The van der Waals surface area contributed by atoms with Gasteiger partial charge in [0.05, 0.1) is 11.2 Å². The van der Waals surface area contributed by atoms with Gasteiger partial charge in [0.1, 0.15) is 0 Å². The normalized spacial score (nSPS) is 18.7. The summed E-state index contributed by atoms with van der Waals surface area (Å²) >= 11 is 1.59. The molecule has 0 bridgehead atoms. The Labute approximate surface area is 157 Å². The molecule has 1 saturated heterocycles. The Kier molecular flexibility index (Phi) is 4.92. The second kappa shape index (κ2) is 7.35. The number of hydrogen-bond acceptors (Lipinski definition) is 7. The summed E-state index contributed by atoms with van der Waals surface area (Å²) < 4.78 is 42.0.